The van der Waals surface area contributed by atoms with Gasteiger partial charge in [-0.1, -0.05) is 13.0 Å². The normalized spacial score (nSPS) is 11.4. The molecular weight excluding hydrogens is 366 g/mol. The number of anilines is 1. The zero-order valence-corrected chi connectivity index (χ0v) is 16.1. The molecule has 0 spiro atoms. The van der Waals surface area contributed by atoms with Crippen LogP contribution in [0.15, 0.2) is 42.5 Å². The van der Waals surface area contributed by atoms with Gasteiger partial charge in [0.2, 0.25) is 0 Å². The Morgan fingerprint density at radius 3 is 2.52 bits per heavy atom. The monoisotopic (exact) mass is 387 g/mol. The Bertz CT molecular complexity index is 853. The van der Waals surface area contributed by atoms with Gasteiger partial charge in [-0.05, 0) is 62.8 Å². The molecule has 0 aliphatic carbocycles. The molecular formula is C19H21N3O4S. The van der Waals surface area contributed by atoms with Gasteiger partial charge in [0.1, 0.15) is 5.75 Å². The highest BCUT2D eigenvalue weighted by atomic mass is 32.1. The van der Waals surface area contributed by atoms with Crippen LogP contribution in [0.4, 0.5) is 11.4 Å². The lowest BCUT2D eigenvalue weighted by molar-refractivity contribution is -0.385. The number of nitro groups is 1. The molecule has 142 valence electrons. The maximum absolute atomic E-state index is 12.3. The molecule has 2 rings (SSSR count). The summed E-state index contributed by atoms with van der Waals surface area (Å²) >= 11 is 5.14. The lowest BCUT2D eigenvalue weighted by atomic mass is 10.1. The van der Waals surface area contributed by atoms with E-state index >= 15 is 0 Å². The molecule has 8 heteroatoms. The number of hydrogen-bond acceptors (Lipinski definition) is 5. The van der Waals surface area contributed by atoms with E-state index in [9.17, 15) is 14.9 Å². The van der Waals surface area contributed by atoms with E-state index < -0.39 is 4.92 Å². The van der Waals surface area contributed by atoms with Crippen molar-refractivity contribution in [3.8, 4) is 5.75 Å². The Balaban J connectivity index is 2.01. The molecule has 0 bridgehead atoms. The molecule has 0 heterocycles. The first-order valence-corrected chi connectivity index (χ1v) is 8.85. The van der Waals surface area contributed by atoms with Crippen molar-refractivity contribution in [3.63, 3.8) is 0 Å². The van der Waals surface area contributed by atoms with Crippen molar-refractivity contribution in [2.24, 2.45) is 0 Å². The van der Waals surface area contributed by atoms with Crippen LogP contribution in [-0.4, -0.2) is 22.0 Å². The van der Waals surface area contributed by atoms with Crippen LogP contribution in [0.2, 0.25) is 0 Å². The van der Waals surface area contributed by atoms with Crippen molar-refractivity contribution in [2.45, 2.75) is 33.3 Å². The van der Waals surface area contributed by atoms with Gasteiger partial charge in [0.05, 0.1) is 22.3 Å². The van der Waals surface area contributed by atoms with Gasteiger partial charge in [-0.25, -0.2) is 0 Å². The number of nitro benzene ring substituents is 1. The fourth-order valence-electron chi connectivity index (χ4n) is 2.29. The van der Waals surface area contributed by atoms with E-state index in [0.29, 0.717) is 22.6 Å². The van der Waals surface area contributed by atoms with Gasteiger partial charge in [-0.3, -0.25) is 20.2 Å². The maximum atomic E-state index is 12.3. The van der Waals surface area contributed by atoms with Crippen molar-refractivity contribution < 1.29 is 14.5 Å². The van der Waals surface area contributed by atoms with E-state index in [4.69, 9.17) is 17.0 Å². The molecule has 0 saturated heterocycles. The van der Waals surface area contributed by atoms with Gasteiger partial charge in [0, 0.05) is 11.6 Å². The first-order valence-electron chi connectivity index (χ1n) is 8.44. The molecule has 2 aromatic rings. The average molecular weight is 387 g/mol. The minimum Gasteiger partial charge on any atom is -0.491 e. The summed E-state index contributed by atoms with van der Waals surface area (Å²) in [6.45, 7) is 5.62. The highest BCUT2D eigenvalue weighted by Gasteiger charge is 2.15. The molecule has 0 saturated carbocycles. The second-order valence-electron chi connectivity index (χ2n) is 5.98. The summed E-state index contributed by atoms with van der Waals surface area (Å²) in [7, 11) is 0. The van der Waals surface area contributed by atoms with Crippen LogP contribution in [0, 0.1) is 17.0 Å². The highest BCUT2D eigenvalue weighted by molar-refractivity contribution is 7.80. The number of hydrogen-bond donors (Lipinski definition) is 2. The molecule has 1 atom stereocenters. The first-order chi connectivity index (χ1) is 12.8. The number of carbonyl (C=O) groups is 1. The third-order valence-electron chi connectivity index (χ3n) is 4.01. The third-order valence-corrected chi connectivity index (χ3v) is 4.21. The molecule has 0 radical (unpaired) electrons. The van der Waals surface area contributed by atoms with Crippen LogP contribution >= 0.6 is 12.2 Å². The minimum absolute atomic E-state index is 0.0222. The van der Waals surface area contributed by atoms with Crippen molar-refractivity contribution in [3.05, 3.63) is 63.7 Å². The van der Waals surface area contributed by atoms with Gasteiger partial charge in [0.15, 0.2) is 5.11 Å². The molecule has 0 fully saturated rings. The lowest BCUT2D eigenvalue weighted by Gasteiger charge is -2.13. The number of rotatable bonds is 6. The lowest BCUT2D eigenvalue weighted by Crippen LogP contribution is -2.34. The van der Waals surface area contributed by atoms with E-state index in [-0.39, 0.29) is 22.8 Å². The number of ether oxygens (including phenoxy) is 1. The van der Waals surface area contributed by atoms with E-state index in [1.165, 1.54) is 6.07 Å². The average Bonchev–Trinajstić information content (AvgIpc) is 2.63. The van der Waals surface area contributed by atoms with E-state index in [1.807, 2.05) is 13.8 Å². The van der Waals surface area contributed by atoms with Crippen molar-refractivity contribution >= 4 is 34.6 Å². The van der Waals surface area contributed by atoms with Crippen molar-refractivity contribution in [1.82, 2.24) is 5.32 Å². The van der Waals surface area contributed by atoms with Crippen LogP contribution < -0.4 is 15.4 Å². The van der Waals surface area contributed by atoms with Gasteiger partial charge in [0.25, 0.3) is 11.6 Å². The Kier molecular flexibility index (Phi) is 6.84. The molecule has 0 aliphatic rings. The van der Waals surface area contributed by atoms with E-state index in [0.717, 1.165) is 6.42 Å². The summed E-state index contributed by atoms with van der Waals surface area (Å²) in [5.74, 6) is 0.305. The Labute approximate surface area is 162 Å². The largest absolute Gasteiger partial charge is 0.491 e. The predicted molar refractivity (Wildman–Crippen MR) is 108 cm³/mol. The Morgan fingerprint density at radius 1 is 1.26 bits per heavy atom. The third kappa shape index (κ3) is 5.49. The minimum atomic E-state index is -0.467. The topological polar surface area (TPSA) is 93.5 Å². The summed E-state index contributed by atoms with van der Waals surface area (Å²) in [5, 5.41) is 16.4. The standard InChI is InChI=1S/C19H21N3O4S/c1-4-12(2)26-15-10-8-14(9-11-15)18(23)21-19(27)20-16-6-5-7-17(13(16)3)22(24)25/h5-12H,4H2,1-3H3,(H2,20,21,23,27). The van der Waals surface area contributed by atoms with E-state index in [2.05, 4.69) is 10.6 Å². The van der Waals surface area contributed by atoms with Gasteiger partial charge in [-0.15, -0.1) is 0 Å². The summed E-state index contributed by atoms with van der Waals surface area (Å²) in [6, 6.07) is 11.4. The summed E-state index contributed by atoms with van der Waals surface area (Å²) < 4.78 is 5.68. The maximum Gasteiger partial charge on any atom is 0.274 e. The quantitative estimate of drug-likeness (QED) is 0.438. The van der Waals surface area contributed by atoms with E-state index in [1.54, 1.807) is 43.3 Å². The molecule has 2 N–H and O–H groups in total. The second kappa shape index (κ2) is 9.09. The number of benzene rings is 2. The van der Waals surface area contributed by atoms with Crippen molar-refractivity contribution in [1.29, 1.82) is 0 Å². The van der Waals surface area contributed by atoms with Gasteiger partial charge < -0.3 is 10.1 Å². The molecule has 0 aromatic heterocycles. The fourth-order valence-corrected chi connectivity index (χ4v) is 2.49. The number of thiocarbonyl (C=S) groups is 1. The van der Waals surface area contributed by atoms with Crippen LogP contribution in [0.3, 0.4) is 0 Å². The summed E-state index contributed by atoms with van der Waals surface area (Å²) in [6.07, 6.45) is 0.985. The fraction of sp³-hybridized carbons (Fsp3) is 0.263. The van der Waals surface area contributed by atoms with Gasteiger partial charge in [-0.2, -0.15) is 0 Å². The summed E-state index contributed by atoms with van der Waals surface area (Å²) in [5.41, 5.74) is 1.30. The Morgan fingerprint density at radius 2 is 1.93 bits per heavy atom. The van der Waals surface area contributed by atoms with Crippen LogP contribution in [0.5, 0.6) is 5.75 Å². The number of nitrogens with zero attached hydrogens (tertiary/aromatic N) is 1. The first kappa shape index (κ1) is 20.3. The van der Waals surface area contributed by atoms with Crippen LogP contribution in [-0.2, 0) is 0 Å². The second-order valence-corrected chi connectivity index (χ2v) is 6.38. The Hall–Kier alpha value is -3.00. The van der Waals surface area contributed by atoms with Crippen molar-refractivity contribution in [2.75, 3.05) is 5.32 Å². The molecule has 2 aromatic carbocycles. The number of nitrogens with one attached hydrogen (secondary N) is 2. The van der Waals surface area contributed by atoms with Crippen LogP contribution in [0.25, 0.3) is 0 Å². The molecule has 0 aliphatic heterocycles. The molecule has 1 unspecified atom stereocenters. The zero-order chi connectivity index (χ0) is 20.0. The van der Waals surface area contributed by atoms with Gasteiger partial charge >= 0.3 is 0 Å². The predicted octanol–water partition coefficient (Wildman–Crippen LogP) is 4.21. The molecule has 7 nitrogen and oxygen atoms in total. The smallest absolute Gasteiger partial charge is 0.274 e. The highest BCUT2D eigenvalue weighted by Crippen LogP contribution is 2.25. The zero-order valence-electron chi connectivity index (χ0n) is 15.3. The molecule has 27 heavy (non-hydrogen) atoms. The molecule has 1 amide bonds. The number of amides is 1. The SMILES string of the molecule is CCC(C)Oc1ccc(C(=O)NC(=S)Nc2cccc([N+](=O)[O-])c2C)cc1. The summed E-state index contributed by atoms with van der Waals surface area (Å²) in [4.78, 5) is 22.8. The van der Waals surface area contributed by atoms with Crippen LogP contribution in [0.1, 0.15) is 36.2 Å². The number of carbonyl (C=O) groups excluding carboxylic acids is 1.